The van der Waals surface area contributed by atoms with Crippen molar-refractivity contribution in [2.75, 3.05) is 25.5 Å². The van der Waals surface area contributed by atoms with Crippen LogP contribution in [0.4, 0.5) is 0 Å². The van der Waals surface area contributed by atoms with Crippen LogP contribution >= 0.6 is 11.8 Å². The molecule has 0 spiro atoms. The third-order valence-electron chi connectivity index (χ3n) is 7.39. The molecule has 0 bridgehead atoms. The normalized spacial score (nSPS) is 27.4. The van der Waals surface area contributed by atoms with E-state index in [4.69, 9.17) is 19.6 Å². The highest BCUT2D eigenvalue weighted by atomic mass is 32.2. The zero-order valence-electron chi connectivity index (χ0n) is 22.4. The first-order valence-electron chi connectivity index (χ1n) is 12.2. The molecule has 1 saturated heterocycles. The molecule has 0 amide bonds. The second kappa shape index (κ2) is 11.4. The fourth-order valence-corrected chi connectivity index (χ4v) is 5.49. The molecule has 3 heterocycles. The maximum absolute atomic E-state index is 13.3. The lowest BCUT2D eigenvalue weighted by atomic mass is 9.93. The van der Waals surface area contributed by atoms with E-state index in [0.29, 0.717) is 36.1 Å². The van der Waals surface area contributed by atoms with Crippen LogP contribution in [-0.4, -0.2) is 86.5 Å². The molecule has 0 aromatic heterocycles. The van der Waals surface area contributed by atoms with Crippen molar-refractivity contribution in [2.45, 2.75) is 69.4 Å². The first-order chi connectivity index (χ1) is 17.0. The fourth-order valence-electron chi connectivity index (χ4n) is 4.17. The highest BCUT2D eigenvalue weighted by molar-refractivity contribution is 7.98. The van der Waals surface area contributed by atoms with Crippen LogP contribution in [0.1, 0.15) is 37.6 Å². The van der Waals surface area contributed by atoms with E-state index in [2.05, 4.69) is 48.8 Å². The smallest absolute Gasteiger partial charge is 0.219 e. The SMILES string of the molecule is CSCO[C@H]1C[C@H](N2CN=C3C2=NC=NC3(N)C(=O)c2ccccc2)O[C@@H]1CO[Si](C)(C)C(C)(C)C.[N]. The minimum absolute atomic E-state index is 0. The number of thioether (sulfide) groups is 1. The van der Waals surface area contributed by atoms with Crippen LogP contribution in [0.15, 0.2) is 45.3 Å². The Labute approximate surface area is 224 Å². The Balaban J connectivity index is 0.00000380. The monoisotopic (exact) mass is 545 g/mol. The summed E-state index contributed by atoms with van der Waals surface area (Å²) in [5.41, 5.74) is 5.79. The first kappa shape index (κ1) is 29.6. The maximum atomic E-state index is 13.3. The molecule has 1 fully saturated rings. The summed E-state index contributed by atoms with van der Waals surface area (Å²) in [5, 5.41) is 0.101. The van der Waals surface area contributed by atoms with Gasteiger partial charge in [-0.2, -0.15) is 0 Å². The van der Waals surface area contributed by atoms with Gasteiger partial charge in [0.2, 0.25) is 11.4 Å². The van der Waals surface area contributed by atoms with E-state index >= 15 is 0 Å². The zero-order valence-corrected chi connectivity index (χ0v) is 24.2. The average Bonchev–Trinajstić information content (AvgIpc) is 3.45. The van der Waals surface area contributed by atoms with Gasteiger partial charge in [0.05, 0.1) is 18.6 Å². The van der Waals surface area contributed by atoms with Gasteiger partial charge < -0.3 is 18.8 Å². The van der Waals surface area contributed by atoms with E-state index < -0.39 is 14.0 Å². The number of aliphatic imine (C=N–C) groups is 3. The molecule has 3 aliphatic heterocycles. The van der Waals surface area contributed by atoms with Gasteiger partial charge in [-0.05, 0) is 24.4 Å². The Kier molecular flexibility index (Phi) is 9.16. The molecular formula is C25H37N6O4SSi. The number of benzene rings is 1. The summed E-state index contributed by atoms with van der Waals surface area (Å²) in [7, 11) is -1.95. The molecule has 3 radical (unpaired) electrons. The second-order valence-corrected chi connectivity index (χ2v) is 16.4. The number of ether oxygens (including phenoxy) is 2. The molecule has 0 aliphatic carbocycles. The number of hydrogen-bond acceptors (Lipinski definition) is 10. The van der Waals surface area contributed by atoms with Crippen molar-refractivity contribution in [1.82, 2.24) is 11.1 Å². The molecule has 4 atom stereocenters. The van der Waals surface area contributed by atoms with Gasteiger partial charge >= 0.3 is 0 Å². The van der Waals surface area contributed by atoms with E-state index in [1.807, 2.05) is 17.2 Å². The van der Waals surface area contributed by atoms with E-state index in [0.717, 1.165) is 0 Å². The number of nitrogens with two attached hydrogens (primary N) is 1. The third kappa shape index (κ3) is 5.90. The van der Waals surface area contributed by atoms with Gasteiger partial charge in [0, 0.05) is 18.1 Å². The second-order valence-electron chi connectivity index (χ2n) is 10.8. The number of fused-ring (bicyclic) bond motifs is 1. The summed E-state index contributed by atoms with van der Waals surface area (Å²) < 4.78 is 19.1. The van der Waals surface area contributed by atoms with Crippen molar-refractivity contribution in [3.63, 3.8) is 0 Å². The fraction of sp³-hybridized carbons (Fsp3) is 0.600. The summed E-state index contributed by atoms with van der Waals surface area (Å²) >= 11 is 1.63. The van der Waals surface area contributed by atoms with Gasteiger partial charge in [-0.1, -0.05) is 51.1 Å². The van der Waals surface area contributed by atoms with Crippen molar-refractivity contribution in [3.8, 4) is 0 Å². The average molecular weight is 546 g/mol. The Morgan fingerprint density at radius 2 is 2.00 bits per heavy atom. The Morgan fingerprint density at radius 3 is 2.65 bits per heavy atom. The lowest BCUT2D eigenvalue weighted by Gasteiger charge is -2.37. The summed E-state index contributed by atoms with van der Waals surface area (Å²) in [4.78, 5) is 28.6. The standard InChI is InChI=1S/C25H37N5O4SSi.N/c1-24(2,3)36(5,6)33-13-19-18(32-16-35-4)12-20(34-19)30-15-28-21-23(30)27-14-29-25(21,26)22(31)17-10-8-7-9-11-17;/h7-11,14,18-20H,12-13,15-16,26H2,1-6H3;/t18-,19+,20+,25?;/m0./s1. The van der Waals surface area contributed by atoms with Crippen molar-refractivity contribution in [1.29, 1.82) is 0 Å². The number of rotatable bonds is 9. The first-order valence-corrected chi connectivity index (χ1v) is 16.5. The lowest BCUT2D eigenvalue weighted by Crippen LogP contribution is -2.59. The van der Waals surface area contributed by atoms with Crippen LogP contribution in [0, 0.1) is 0 Å². The number of nitrogens with zero attached hydrogens (tertiary/aromatic N) is 5. The molecule has 2 N–H and O–H groups in total. The topological polar surface area (TPSA) is 142 Å². The number of Topliss-reactive ketones (excluding diaryl/α,β-unsaturated/α-hetero) is 1. The van der Waals surface area contributed by atoms with Crippen LogP contribution in [-0.2, 0) is 13.9 Å². The van der Waals surface area contributed by atoms with E-state index in [1.165, 1.54) is 6.34 Å². The number of ketones is 1. The molecule has 201 valence electrons. The number of amidine groups is 1. The molecule has 10 nitrogen and oxygen atoms in total. The predicted molar refractivity (Wildman–Crippen MR) is 150 cm³/mol. The third-order valence-corrected chi connectivity index (χ3v) is 12.3. The number of carbonyl (C=O) groups is 1. The lowest BCUT2D eigenvalue weighted by molar-refractivity contribution is -0.0611. The molecule has 4 rings (SSSR count). The largest absolute Gasteiger partial charge is 0.414 e. The molecule has 37 heavy (non-hydrogen) atoms. The molecule has 12 heteroatoms. The van der Waals surface area contributed by atoms with E-state index in [9.17, 15) is 4.79 Å². The highest BCUT2D eigenvalue weighted by Gasteiger charge is 2.50. The molecular weight excluding hydrogens is 508 g/mol. The van der Waals surface area contributed by atoms with Gasteiger partial charge in [-0.25, -0.2) is 9.98 Å². The van der Waals surface area contributed by atoms with Gasteiger partial charge in [0.25, 0.3) is 0 Å². The molecule has 1 aromatic carbocycles. The van der Waals surface area contributed by atoms with Crippen LogP contribution in [0.5, 0.6) is 0 Å². The Hall–Kier alpha value is -1.93. The van der Waals surface area contributed by atoms with E-state index in [-0.39, 0.29) is 42.1 Å². The Morgan fingerprint density at radius 1 is 1.30 bits per heavy atom. The van der Waals surface area contributed by atoms with Gasteiger partial charge in [-0.3, -0.25) is 15.5 Å². The van der Waals surface area contributed by atoms with Crippen molar-refractivity contribution in [3.05, 3.63) is 35.9 Å². The molecule has 3 aliphatic rings. The van der Waals surface area contributed by atoms with Crippen molar-refractivity contribution in [2.24, 2.45) is 20.7 Å². The summed E-state index contributed by atoms with van der Waals surface area (Å²) in [5.74, 6) is 0.780. The van der Waals surface area contributed by atoms with Gasteiger partial charge in [0.15, 0.2) is 14.2 Å². The minimum atomic E-state index is -1.95. The van der Waals surface area contributed by atoms with Crippen molar-refractivity contribution < 1.29 is 18.7 Å². The van der Waals surface area contributed by atoms with Crippen LogP contribution in [0.25, 0.3) is 0 Å². The Bertz CT molecular complexity index is 1060. The summed E-state index contributed by atoms with van der Waals surface area (Å²) in [6, 6.07) is 8.91. The maximum Gasteiger partial charge on any atom is 0.219 e. The van der Waals surface area contributed by atoms with Gasteiger partial charge in [-0.15, -0.1) is 11.8 Å². The molecule has 0 saturated carbocycles. The summed E-state index contributed by atoms with van der Waals surface area (Å²) in [6.45, 7) is 11.9. The number of carbonyl (C=O) groups excluding carboxylic acids is 1. The predicted octanol–water partition coefficient (Wildman–Crippen LogP) is 3.04. The van der Waals surface area contributed by atoms with Crippen LogP contribution in [0.3, 0.4) is 0 Å². The minimum Gasteiger partial charge on any atom is -0.414 e. The van der Waals surface area contributed by atoms with Crippen LogP contribution in [0.2, 0.25) is 18.1 Å². The summed E-state index contributed by atoms with van der Waals surface area (Å²) in [6.07, 6.45) is 3.33. The highest BCUT2D eigenvalue weighted by Crippen LogP contribution is 2.38. The van der Waals surface area contributed by atoms with E-state index in [1.54, 1.807) is 36.0 Å². The molecule has 1 aromatic rings. The molecule has 1 unspecified atom stereocenters. The quantitative estimate of drug-likeness (QED) is 0.285. The number of hydrogen-bond donors (Lipinski definition) is 1. The van der Waals surface area contributed by atoms with Crippen molar-refractivity contribution >= 4 is 43.7 Å². The van der Waals surface area contributed by atoms with Gasteiger partial charge in [0.1, 0.15) is 31.1 Å². The zero-order chi connectivity index (χ0) is 26.1. The van der Waals surface area contributed by atoms with Crippen LogP contribution < -0.4 is 11.9 Å².